The standard InChI is InChI=1S/C22H25ClN4O4S/c1-5-7-15(3)32(29,30)26-19-12-18(16-10-11-20(28)27(4)13-16)24-22(25-19)31-21-14(2)8-6-9-17(21)23/h6,8-13,15H,5,7H2,1-4H3,(H,24,25,26). The molecule has 1 atom stereocenters. The molecule has 10 heteroatoms. The summed E-state index contributed by atoms with van der Waals surface area (Å²) < 4.78 is 35.3. The zero-order chi connectivity index (χ0) is 23.5. The number of hydrogen-bond acceptors (Lipinski definition) is 6. The van der Waals surface area contributed by atoms with Crippen LogP contribution in [-0.2, 0) is 17.1 Å². The number of hydrogen-bond donors (Lipinski definition) is 1. The number of halogens is 1. The van der Waals surface area contributed by atoms with Crippen molar-refractivity contribution in [2.24, 2.45) is 7.05 Å². The maximum atomic E-state index is 12.7. The number of anilines is 1. The molecule has 170 valence electrons. The van der Waals surface area contributed by atoms with Crippen LogP contribution >= 0.6 is 11.6 Å². The summed E-state index contributed by atoms with van der Waals surface area (Å²) in [5, 5.41) is -0.224. The van der Waals surface area contributed by atoms with E-state index < -0.39 is 15.3 Å². The third kappa shape index (κ3) is 5.46. The largest absolute Gasteiger partial charge is 0.422 e. The fourth-order valence-electron chi connectivity index (χ4n) is 3.06. The molecule has 1 aromatic carbocycles. The first-order valence-electron chi connectivity index (χ1n) is 10.1. The van der Waals surface area contributed by atoms with E-state index in [0.29, 0.717) is 28.5 Å². The van der Waals surface area contributed by atoms with Crippen molar-refractivity contribution in [3.8, 4) is 23.0 Å². The second-order valence-corrected chi connectivity index (χ2v) is 10.0. The van der Waals surface area contributed by atoms with Gasteiger partial charge in [-0.15, -0.1) is 0 Å². The first-order chi connectivity index (χ1) is 15.1. The van der Waals surface area contributed by atoms with Gasteiger partial charge in [-0.1, -0.05) is 37.1 Å². The first kappa shape index (κ1) is 23.7. The van der Waals surface area contributed by atoms with Crippen LogP contribution in [0.5, 0.6) is 11.8 Å². The van der Waals surface area contributed by atoms with Crippen molar-refractivity contribution in [1.29, 1.82) is 0 Å². The van der Waals surface area contributed by atoms with Gasteiger partial charge in [0, 0.05) is 30.9 Å². The lowest BCUT2D eigenvalue weighted by Gasteiger charge is -2.15. The molecule has 0 aliphatic heterocycles. The minimum atomic E-state index is -3.67. The molecule has 3 rings (SSSR count). The first-order valence-corrected chi connectivity index (χ1v) is 12.0. The molecule has 0 fully saturated rings. The van der Waals surface area contributed by atoms with Gasteiger partial charge in [-0.05, 0) is 38.0 Å². The minimum Gasteiger partial charge on any atom is -0.422 e. The van der Waals surface area contributed by atoms with Gasteiger partial charge in [0.05, 0.1) is 16.0 Å². The van der Waals surface area contributed by atoms with Gasteiger partial charge in [-0.25, -0.2) is 8.42 Å². The number of para-hydroxylation sites is 1. The summed E-state index contributed by atoms with van der Waals surface area (Å²) in [4.78, 5) is 20.5. The Labute approximate surface area is 192 Å². The molecule has 1 unspecified atom stereocenters. The van der Waals surface area contributed by atoms with Gasteiger partial charge in [0.1, 0.15) is 5.82 Å². The lowest BCUT2D eigenvalue weighted by atomic mass is 10.2. The van der Waals surface area contributed by atoms with Gasteiger partial charge in [-0.3, -0.25) is 9.52 Å². The summed E-state index contributed by atoms with van der Waals surface area (Å²) in [6.07, 6.45) is 2.85. The van der Waals surface area contributed by atoms with Crippen LogP contribution in [0, 0.1) is 6.92 Å². The molecule has 0 bridgehead atoms. The molecule has 1 N–H and O–H groups in total. The monoisotopic (exact) mass is 476 g/mol. The van der Waals surface area contributed by atoms with Crippen molar-refractivity contribution in [2.75, 3.05) is 4.72 Å². The van der Waals surface area contributed by atoms with E-state index in [1.807, 2.05) is 19.9 Å². The second kappa shape index (κ2) is 9.70. The highest BCUT2D eigenvalue weighted by atomic mass is 35.5. The second-order valence-electron chi connectivity index (χ2n) is 7.52. The smallest absolute Gasteiger partial charge is 0.324 e. The Kier molecular flexibility index (Phi) is 7.20. The summed E-state index contributed by atoms with van der Waals surface area (Å²) in [5.41, 5.74) is 1.57. The van der Waals surface area contributed by atoms with Gasteiger partial charge < -0.3 is 9.30 Å². The molecule has 2 aromatic heterocycles. The van der Waals surface area contributed by atoms with E-state index in [1.165, 1.54) is 16.7 Å². The molecule has 0 aliphatic carbocycles. The molecule has 0 spiro atoms. The number of nitrogens with one attached hydrogen (secondary N) is 1. The average Bonchev–Trinajstić information content (AvgIpc) is 2.72. The molecule has 32 heavy (non-hydrogen) atoms. The van der Waals surface area contributed by atoms with Crippen molar-refractivity contribution in [3.63, 3.8) is 0 Å². The predicted octanol–water partition coefficient (Wildman–Crippen LogP) is 4.53. The Hall–Kier alpha value is -2.91. The van der Waals surface area contributed by atoms with E-state index in [2.05, 4.69) is 14.7 Å². The zero-order valence-corrected chi connectivity index (χ0v) is 19.9. The third-order valence-electron chi connectivity index (χ3n) is 4.92. The number of pyridine rings is 1. The molecule has 0 saturated heterocycles. The fourth-order valence-corrected chi connectivity index (χ4v) is 4.47. The third-order valence-corrected chi connectivity index (χ3v) is 7.00. The number of aromatic nitrogens is 3. The number of aryl methyl sites for hydroxylation is 2. The highest BCUT2D eigenvalue weighted by Gasteiger charge is 2.22. The summed E-state index contributed by atoms with van der Waals surface area (Å²) in [7, 11) is -2.05. The van der Waals surface area contributed by atoms with Crippen molar-refractivity contribution in [1.82, 2.24) is 14.5 Å². The predicted molar refractivity (Wildman–Crippen MR) is 126 cm³/mol. The Morgan fingerprint density at radius 3 is 2.62 bits per heavy atom. The van der Waals surface area contributed by atoms with Gasteiger partial charge >= 0.3 is 6.01 Å². The molecule has 0 radical (unpaired) electrons. The summed E-state index contributed by atoms with van der Waals surface area (Å²) in [6, 6.07) is 9.73. The quantitative estimate of drug-likeness (QED) is 0.512. The van der Waals surface area contributed by atoms with Crippen LogP contribution in [0.15, 0.2) is 47.4 Å². The maximum absolute atomic E-state index is 12.7. The number of ether oxygens (including phenoxy) is 1. The van der Waals surface area contributed by atoms with Crippen LogP contribution in [-0.4, -0.2) is 28.2 Å². The van der Waals surface area contributed by atoms with Crippen LogP contribution in [0.1, 0.15) is 32.3 Å². The zero-order valence-electron chi connectivity index (χ0n) is 18.3. The van der Waals surface area contributed by atoms with Crippen molar-refractivity contribution in [2.45, 2.75) is 38.9 Å². The fraction of sp³-hybridized carbons (Fsp3) is 0.318. The molecular formula is C22H25ClN4O4S. The van der Waals surface area contributed by atoms with E-state index in [-0.39, 0.29) is 17.4 Å². The van der Waals surface area contributed by atoms with Gasteiger partial charge in [-0.2, -0.15) is 9.97 Å². The Morgan fingerprint density at radius 2 is 1.97 bits per heavy atom. The topological polar surface area (TPSA) is 103 Å². The van der Waals surface area contributed by atoms with E-state index in [1.54, 1.807) is 38.4 Å². The Bertz CT molecular complexity index is 1270. The number of sulfonamides is 1. The van der Waals surface area contributed by atoms with Crippen molar-refractivity contribution < 1.29 is 13.2 Å². The van der Waals surface area contributed by atoms with Crippen LogP contribution < -0.4 is 15.0 Å². The van der Waals surface area contributed by atoms with Gasteiger partial charge in [0.15, 0.2) is 5.75 Å². The molecule has 0 saturated carbocycles. The summed E-state index contributed by atoms with van der Waals surface area (Å²) in [5.74, 6) is 0.437. The highest BCUT2D eigenvalue weighted by Crippen LogP contribution is 2.32. The SMILES string of the molecule is CCCC(C)S(=O)(=O)Nc1cc(-c2ccc(=O)n(C)c2)nc(Oc2c(C)cccc2Cl)n1. The van der Waals surface area contributed by atoms with Crippen LogP contribution in [0.3, 0.4) is 0 Å². The van der Waals surface area contributed by atoms with E-state index in [9.17, 15) is 13.2 Å². The van der Waals surface area contributed by atoms with E-state index in [4.69, 9.17) is 16.3 Å². The molecule has 8 nitrogen and oxygen atoms in total. The van der Waals surface area contributed by atoms with Gasteiger partial charge in [0.2, 0.25) is 15.6 Å². The number of benzene rings is 1. The number of nitrogens with zero attached hydrogens (tertiary/aromatic N) is 3. The number of rotatable bonds is 8. The summed E-state index contributed by atoms with van der Waals surface area (Å²) >= 11 is 6.27. The normalized spacial score (nSPS) is 12.4. The Balaban J connectivity index is 2.09. The molecule has 0 aliphatic rings. The lowest BCUT2D eigenvalue weighted by molar-refractivity contribution is 0.440. The lowest BCUT2D eigenvalue weighted by Crippen LogP contribution is -2.25. The van der Waals surface area contributed by atoms with Crippen LogP contribution in [0.25, 0.3) is 11.3 Å². The van der Waals surface area contributed by atoms with Crippen molar-refractivity contribution >= 4 is 27.4 Å². The molecule has 0 amide bonds. The van der Waals surface area contributed by atoms with E-state index in [0.717, 1.165) is 12.0 Å². The highest BCUT2D eigenvalue weighted by molar-refractivity contribution is 7.93. The average molecular weight is 477 g/mol. The van der Waals surface area contributed by atoms with E-state index >= 15 is 0 Å². The Morgan fingerprint density at radius 1 is 1.22 bits per heavy atom. The van der Waals surface area contributed by atoms with Gasteiger partial charge in [0.25, 0.3) is 0 Å². The maximum Gasteiger partial charge on any atom is 0.324 e. The van der Waals surface area contributed by atoms with Crippen LogP contribution in [0.4, 0.5) is 5.82 Å². The summed E-state index contributed by atoms with van der Waals surface area (Å²) in [6.45, 7) is 5.39. The molecular weight excluding hydrogens is 452 g/mol. The van der Waals surface area contributed by atoms with Crippen LogP contribution in [0.2, 0.25) is 5.02 Å². The van der Waals surface area contributed by atoms with Crippen molar-refractivity contribution in [3.05, 3.63) is 63.5 Å². The minimum absolute atomic E-state index is 0.0616. The molecule has 3 aromatic rings. The molecule has 2 heterocycles.